The van der Waals surface area contributed by atoms with Crippen LogP contribution >= 0.6 is 0 Å². The quantitative estimate of drug-likeness (QED) is 0.522. The predicted octanol–water partition coefficient (Wildman–Crippen LogP) is 0.744. The van der Waals surface area contributed by atoms with E-state index in [0.29, 0.717) is 19.5 Å². The second-order valence-corrected chi connectivity index (χ2v) is 4.13. The average molecular weight is 264 g/mol. The van der Waals surface area contributed by atoms with Crippen molar-refractivity contribution >= 4 is 11.5 Å². The van der Waals surface area contributed by atoms with Crippen molar-refractivity contribution in [2.24, 2.45) is 0 Å². The van der Waals surface area contributed by atoms with Gasteiger partial charge >= 0.3 is 5.69 Å². The Morgan fingerprint density at radius 2 is 2.16 bits per heavy atom. The summed E-state index contributed by atoms with van der Waals surface area (Å²) in [6, 6.07) is 0. The first-order valence-corrected chi connectivity index (χ1v) is 6.37. The van der Waals surface area contributed by atoms with Crippen LogP contribution in [0.2, 0.25) is 0 Å². The zero-order valence-electron chi connectivity index (χ0n) is 11.4. The molecule has 0 aliphatic carbocycles. The van der Waals surface area contributed by atoms with Gasteiger partial charge in [0.2, 0.25) is 0 Å². The molecule has 104 valence electrons. The van der Waals surface area contributed by atoms with Crippen LogP contribution < -0.4 is 22.3 Å². The number of H-pyrrole nitrogens is 1. The van der Waals surface area contributed by atoms with Gasteiger partial charge in [0.15, 0.2) is 0 Å². The van der Waals surface area contributed by atoms with Crippen LogP contribution in [0.15, 0.2) is 9.59 Å². The number of nitrogens with one attached hydrogen (secondary N) is 2. The van der Waals surface area contributed by atoms with Crippen molar-refractivity contribution in [2.75, 3.05) is 17.6 Å². The van der Waals surface area contributed by atoms with Crippen LogP contribution in [0.5, 0.6) is 0 Å². The molecule has 19 heavy (non-hydrogen) atoms. The highest BCUT2D eigenvalue weighted by Crippen LogP contribution is 2.10. The summed E-state index contributed by atoms with van der Waals surface area (Å²) in [5.41, 5.74) is 5.18. The molecule has 0 spiro atoms. The van der Waals surface area contributed by atoms with Gasteiger partial charge in [-0.1, -0.05) is 13.3 Å². The van der Waals surface area contributed by atoms with Crippen molar-refractivity contribution in [2.45, 2.75) is 39.7 Å². The van der Waals surface area contributed by atoms with Crippen LogP contribution in [-0.4, -0.2) is 16.1 Å². The van der Waals surface area contributed by atoms with Gasteiger partial charge in [-0.2, -0.15) is 0 Å². The molecule has 0 aromatic carbocycles. The van der Waals surface area contributed by atoms with E-state index < -0.39 is 11.2 Å². The Bertz CT molecular complexity index is 589. The van der Waals surface area contributed by atoms with Gasteiger partial charge in [0.25, 0.3) is 5.56 Å². The minimum absolute atomic E-state index is 0.187. The minimum Gasteiger partial charge on any atom is -0.383 e. The molecule has 0 atom stereocenters. The molecule has 1 aromatic heterocycles. The summed E-state index contributed by atoms with van der Waals surface area (Å²) in [6.45, 7) is 4.79. The number of hydrogen-bond donors (Lipinski definition) is 3. The van der Waals surface area contributed by atoms with Gasteiger partial charge < -0.3 is 11.1 Å². The van der Waals surface area contributed by atoms with Crippen molar-refractivity contribution in [1.82, 2.24) is 9.55 Å². The van der Waals surface area contributed by atoms with E-state index in [2.05, 4.69) is 22.1 Å². The van der Waals surface area contributed by atoms with E-state index in [-0.39, 0.29) is 11.5 Å². The summed E-state index contributed by atoms with van der Waals surface area (Å²) >= 11 is 0. The second-order valence-electron chi connectivity index (χ2n) is 4.13. The van der Waals surface area contributed by atoms with Crippen molar-refractivity contribution in [3.05, 3.63) is 20.8 Å². The molecule has 0 amide bonds. The summed E-state index contributed by atoms with van der Waals surface area (Å²) in [7, 11) is 0. The average Bonchev–Trinajstić information content (AvgIpc) is 2.37. The summed E-state index contributed by atoms with van der Waals surface area (Å²) in [5, 5.41) is 2.93. The first-order chi connectivity index (χ1) is 9.11. The molecule has 0 aliphatic heterocycles. The SMILES string of the molecule is CC#CCCNc1c(N)n(CCCC)c(=O)[nH]c1=O. The van der Waals surface area contributed by atoms with E-state index in [1.807, 2.05) is 6.92 Å². The molecule has 6 nitrogen and oxygen atoms in total. The number of aromatic nitrogens is 2. The van der Waals surface area contributed by atoms with Crippen LogP contribution in [0.25, 0.3) is 0 Å². The Kier molecular flexibility index (Phi) is 5.73. The van der Waals surface area contributed by atoms with Crippen molar-refractivity contribution in [3.63, 3.8) is 0 Å². The van der Waals surface area contributed by atoms with E-state index in [9.17, 15) is 9.59 Å². The fraction of sp³-hybridized carbons (Fsp3) is 0.538. The lowest BCUT2D eigenvalue weighted by Crippen LogP contribution is -2.34. The van der Waals surface area contributed by atoms with Gasteiger partial charge in [-0.25, -0.2) is 4.79 Å². The summed E-state index contributed by atoms with van der Waals surface area (Å²) in [4.78, 5) is 25.6. The molecule has 0 bridgehead atoms. The Balaban J connectivity index is 2.99. The largest absolute Gasteiger partial charge is 0.383 e. The molecule has 1 heterocycles. The first-order valence-electron chi connectivity index (χ1n) is 6.37. The fourth-order valence-corrected chi connectivity index (χ4v) is 1.67. The van der Waals surface area contributed by atoms with E-state index in [1.54, 1.807) is 6.92 Å². The number of rotatable bonds is 6. The van der Waals surface area contributed by atoms with Crippen molar-refractivity contribution < 1.29 is 0 Å². The number of nitrogen functional groups attached to an aromatic ring is 1. The lowest BCUT2D eigenvalue weighted by atomic mass is 10.3. The van der Waals surface area contributed by atoms with Gasteiger partial charge in [0, 0.05) is 19.5 Å². The molecule has 0 fully saturated rings. The molecular weight excluding hydrogens is 244 g/mol. The highest BCUT2D eigenvalue weighted by Gasteiger charge is 2.10. The number of anilines is 2. The van der Waals surface area contributed by atoms with Crippen LogP contribution in [-0.2, 0) is 6.54 Å². The first kappa shape index (κ1) is 14.9. The number of nitrogens with zero attached hydrogens (tertiary/aromatic N) is 1. The summed E-state index contributed by atoms with van der Waals surface area (Å²) in [6.07, 6.45) is 2.39. The zero-order chi connectivity index (χ0) is 14.3. The molecule has 1 aromatic rings. The van der Waals surface area contributed by atoms with E-state index >= 15 is 0 Å². The third-order valence-corrected chi connectivity index (χ3v) is 2.70. The third-order valence-electron chi connectivity index (χ3n) is 2.70. The molecular formula is C13H20N4O2. The summed E-state index contributed by atoms with van der Waals surface area (Å²) < 4.78 is 1.39. The zero-order valence-corrected chi connectivity index (χ0v) is 11.4. The Morgan fingerprint density at radius 3 is 2.79 bits per heavy atom. The Hall–Kier alpha value is -2.16. The van der Waals surface area contributed by atoms with Crippen LogP contribution in [0, 0.1) is 11.8 Å². The molecule has 4 N–H and O–H groups in total. The lowest BCUT2D eigenvalue weighted by molar-refractivity contribution is 0.605. The molecule has 0 saturated heterocycles. The molecule has 0 saturated carbocycles. The van der Waals surface area contributed by atoms with Crippen molar-refractivity contribution in [3.8, 4) is 11.8 Å². The second kappa shape index (κ2) is 7.31. The van der Waals surface area contributed by atoms with Crippen molar-refractivity contribution in [1.29, 1.82) is 0 Å². The maximum Gasteiger partial charge on any atom is 0.330 e. The molecule has 0 aliphatic rings. The molecule has 0 unspecified atom stereocenters. The highest BCUT2D eigenvalue weighted by atomic mass is 16.2. The topological polar surface area (TPSA) is 92.9 Å². The maximum absolute atomic E-state index is 11.7. The maximum atomic E-state index is 11.7. The number of unbranched alkanes of at least 4 members (excludes halogenated alkanes) is 1. The highest BCUT2D eigenvalue weighted by molar-refractivity contribution is 5.60. The van der Waals surface area contributed by atoms with Gasteiger partial charge in [0.1, 0.15) is 11.5 Å². The molecule has 1 rings (SSSR count). The monoisotopic (exact) mass is 264 g/mol. The van der Waals surface area contributed by atoms with Crippen LogP contribution in [0.4, 0.5) is 11.5 Å². The third kappa shape index (κ3) is 3.91. The minimum atomic E-state index is -0.486. The normalized spacial score (nSPS) is 9.79. The van der Waals surface area contributed by atoms with Crippen LogP contribution in [0.3, 0.4) is 0 Å². The number of nitrogens with two attached hydrogens (primary N) is 1. The van der Waals surface area contributed by atoms with Gasteiger partial charge in [-0.3, -0.25) is 14.3 Å². The van der Waals surface area contributed by atoms with Gasteiger partial charge in [-0.15, -0.1) is 11.8 Å². The predicted molar refractivity (Wildman–Crippen MR) is 77.2 cm³/mol. The van der Waals surface area contributed by atoms with E-state index in [0.717, 1.165) is 12.8 Å². The molecule has 0 radical (unpaired) electrons. The van der Waals surface area contributed by atoms with E-state index in [4.69, 9.17) is 5.73 Å². The number of hydrogen-bond acceptors (Lipinski definition) is 4. The fourth-order valence-electron chi connectivity index (χ4n) is 1.67. The summed E-state index contributed by atoms with van der Waals surface area (Å²) in [5.74, 6) is 5.84. The molecule has 6 heteroatoms. The Morgan fingerprint density at radius 1 is 1.42 bits per heavy atom. The van der Waals surface area contributed by atoms with Gasteiger partial charge in [-0.05, 0) is 13.3 Å². The standard InChI is InChI=1S/C13H20N4O2/c1-3-5-7-8-15-10-11(14)17(9-6-4-2)13(19)16-12(10)18/h15H,4,6-9,14H2,1-2H3,(H,16,18,19). The smallest absolute Gasteiger partial charge is 0.330 e. The lowest BCUT2D eigenvalue weighted by Gasteiger charge is -2.12. The van der Waals surface area contributed by atoms with Gasteiger partial charge in [0.05, 0.1) is 0 Å². The van der Waals surface area contributed by atoms with E-state index in [1.165, 1.54) is 4.57 Å². The number of aromatic amines is 1. The van der Waals surface area contributed by atoms with Crippen LogP contribution in [0.1, 0.15) is 33.1 Å². The Labute approximate surface area is 112 Å².